The molecule has 1 N–H and O–H groups in total. The van der Waals surface area contributed by atoms with Crippen molar-refractivity contribution in [2.45, 2.75) is 13.3 Å². The van der Waals surface area contributed by atoms with Crippen LogP contribution in [0.1, 0.15) is 12.5 Å². The number of hydrogen-bond donors (Lipinski definition) is 1. The molecule has 1 aromatic heterocycles. The van der Waals surface area contributed by atoms with E-state index in [4.69, 9.17) is 4.74 Å². The number of para-hydroxylation sites is 1. The summed E-state index contributed by atoms with van der Waals surface area (Å²) >= 11 is 1.56. The molecule has 0 aliphatic rings. The van der Waals surface area contributed by atoms with Crippen molar-refractivity contribution >= 4 is 28.1 Å². The maximum atomic E-state index is 11.5. The molecule has 3 rings (SSSR count). The summed E-state index contributed by atoms with van der Waals surface area (Å²) in [5, 5.41) is 6.16. The van der Waals surface area contributed by atoms with Crippen LogP contribution in [-0.2, 0) is 16.0 Å². The number of anilines is 2. The number of hydrogen-bond acceptors (Lipinski definition) is 5. The van der Waals surface area contributed by atoms with Crippen molar-refractivity contribution in [3.05, 3.63) is 65.5 Å². The minimum absolute atomic E-state index is 0.201. The van der Waals surface area contributed by atoms with Gasteiger partial charge in [-0.1, -0.05) is 42.5 Å². The van der Waals surface area contributed by atoms with Crippen LogP contribution in [0.2, 0.25) is 0 Å². The van der Waals surface area contributed by atoms with E-state index in [1.54, 1.807) is 11.3 Å². The Kier molecular flexibility index (Phi) is 5.23. The second kappa shape index (κ2) is 7.75. The highest BCUT2D eigenvalue weighted by atomic mass is 32.1. The van der Waals surface area contributed by atoms with Crippen LogP contribution in [0.4, 0.5) is 10.8 Å². The number of esters is 1. The lowest BCUT2D eigenvalue weighted by Gasteiger charge is -2.03. The van der Waals surface area contributed by atoms with Crippen molar-refractivity contribution in [2.75, 3.05) is 11.9 Å². The molecule has 3 aromatic rings. The van der Waals surface area contributed by atoms with Gasteiger partial charge in [0.05, 0.1) is 18.7 Å². The maximum Gasteiger partial charge on any atom is 0.310 e. The summed E-state index contributed by atoms with van der Waals surface area (Å²) in [5.74, 6) is -0.201. The minimum atomic E-state index is -0.201. The van der Waals surface area contributed by atoms with E-state index in [0.717, 1.165) is 27.6 Å². The fourth-order valence-corrected chi connectivity index (χ4v) is 3.02. The normalized spacial score (nSPS) is 10.4. The van der Waals surface area contributed by atoms with E-state index in [2.05, 4.69) is 10.3 Å². The van der Waals surface area contributed by atoms with E-state index in [1.165, 1.54) is 0 Å². The van der Waals surface area contributed by atoms with E-state index in [1.807, 2.05) is 66.9 Å². The molecule has 122 valence electrons. The molecule has 24 heavy (non-hydrogen) atoms. The Balaban J connectivity index is 1.67. The molecule has 5 heteroatoms. The number of benzene rings is 2. The van der Waals surface area contributed by atoms with Crippen molar-refractivity contribution in [1.29, 1.82) is 0 Å². The lowest BCUT2D eigenvalue weighted by molar-refractivity contribution is -0.142. The van der Waals surface area contributed by atoms with Gasteiger partial charge in [-0.2, -0.15) is 0 Å². The fraction of sp³-hybridized carbons (Fsp3) is 0.158. The standard InChI is InChI=1S/C19H18N2O2S/c1-2-23-18(22)12-14-8-10-15(11-9-14)17-13-24-19(21-17)20-16-6-4-3-5-7-16/h3-11,13H,2,12H2,1H3,(H,20,21). The summed E-state index contributed by atoms with van der Waals surface area (Å²) in [6, 6.07) is 17.8. The summed E-state index contributed by atoms with van der Waals surface area (Å²) in [6.07, 6.45) is 0.298. The molecule has 0 fully saturated rings. The molecule has 0 amide bonds. The summed E-state index contributed by atoms with van der Waals surface area (Å²) in [5.41, 5.74) is 3.90. The monoisotopic (exact) mass is 338 g/mol. The predicted octanol–water partition coefficient (Wildman–Crippen LogP) is 4.66. The summed E-state index contributed by atoms with van der Waals surface area (Å²) in [4.78, 5) is 16.1. The lowest BCUT2D eigenvalue weighted by Crippen LogP contribution is -2.07. The number of rotatable bonds is 6. The molecule has 0 aliphatic carbocycles. The molecular weight excluding hydrogens is 320 g/mol. The van der Waals surface area contributed by atoms with Crippen molar-refractivity contribution in [3.8, 4) is 11.3 Å². The molecule has 4 nitrogen and oxygen atoms in total. The number of carbonyl (C=O) groups excluding carboxylic acids is 1. The number of aromatic nitrogens is 1. The van der Waals surface area contributed by atoms with Crippen molar-refractivity contribution in [2.24, 2.45) is 0 Å². The zero-order valence-corrected chi connectivity index (χ0v) is 14.2. The highest BCUT2D eigenvalue weighted by Crippen LogP contribution is 2.27. The Morgan fingerprint density at radius 3 is 2.58 bits per heavy atom. The number of ether oxygens (including phenoxy) is 1. The SMILES string of the molecule is CCOC(=O)Cc1ccc(-c2csc(Nc3ccccc3)n2)cc1. The lowest BCUT2D eigenvalue weighted by atomic mass is 10.1. The molecular formula is C19H18N2O2S. The van der Waals surface area contributed by atoms with Crippen LogP contribution in [0.5, 0.6) is 0 Å². The molecule has 2 aromatic carbocycles. The van der Waals surface area contributed by atoms with Gasteiger partial charge in [0.25, 0.3) is 0 Å². The Labute approximate surface area is 145 Å². The van der Waals surface area contributed by atoms with Gasteiger partial charge >= 0.3 is 5.97 Å². The van der Waals surface area contributed by atoms with Crippen LogP contribution >= 0.6 is 11.3 Å². The number of nitrogens with zero attached hydrogens (tertiary/aromatic N) is 1. The third-order valence-electron chi connectivity index (χ3n) is 3.43. The molecule has 0 radical (unpaired) electrons. The van der Waals surface area contributed by atoms with Gasteiger partial charge in [-0.25, -0.2) is 4.98 Å². The molecule has 1 heterocycles. The number of carbonyl (C=O) groups is 1. The number of thiazole rings is 1. The Morgan fingerprint density at radius 2 is 1.88 bits per heavy atom. The summed E-state index contributed by atoms with van der Waals surface area (Å²) in [7, 11) is 0. The fourth-order valence-electron chi connectivity index (χ4n) is 2.28. The molecule has 0 unspecified atom stereocenters. The first-order valence-electron chi connectivity index (χ1n) is 7.77. The zero-order chi connectivity index (χ0) is 16.8. The summed E-state index contributed by atoms with van der Waals surface area (Å²) in [6.45, 7) is 2.22. The average molecular weight is 338 g/mol. The molecule has 0 bridgehead atoms. The van der Waals surface area contributed by atoms with Crippen LogP contribution in [0.15, 0.2) is 60.0 Å². The molecule has 0 saturated carbocycles. The van der Waals surface area contributed by atoms with Crippen LogP contribution in [-0.4, -0.2) is 17.6 Å². The predicted molar refractivity (Wildman–Crippen MR) is 97.6 cm³/mol. The van der Waals surface area contributed by atoms with Crippen LogP contribution < -0.4 is 5.32 Å². The second-order valence-corrected chi connectivity index (χ2v) is 6.07. The van der Waals surface area contributed by atoms with Gasteiger partial charge in [-0.15, -0.1) is 11.3 Å². The van der Waals surface area contributed by atoms with Crippen molar-refractivity contribution in [3.63, 3.8) is 0 Å². The Morgan fingerprint density at radius 1 is 1.12 bits per heavy atom. The van der Waals surface area contributed by atoms with E-state index in [-0.39, 0.29) is 5.97 Å². The Hall–Kier alpha value is -2.66. The van der Waals surface area contributed by atoms with Gasteiger partial charge in [0.15, 0.2) is 5.13 Å². The molecule has 0 atom stereocenters. The number of nitrogens with one attached hydrogen (secondary N) is 1. The van der Waals surface area contributed by atoms with Gasteiger partial charge in [0, 0.05) is 16.6 Å². The second-order valence-electron chi connectivity index (χ2n) is 5.21. The first kappa shape index (κ1) is 16.2. The molecule has 0 spiro atoms. The van der Waals surface area contributed by atoms with Gasteiger partial charge in [0.1, 0.15) is 0 Å². The third-order valence-corrected chi connectivity index (χ3v) is 4.19. The largest absolute Gasteiger partial charge is 0.466 e. The van der Waals surface area contributed by atoms with Crippen molar-refractivity contribution < 1.29 is 9.53 Å². The van der Waals surface area contributed by atoms with Crippen molar-refractivity contribution in [1.82, 2.24) is 4.98 Å². The van der Waals surface area contributed by atoms with Crippen LogP contribution in [0, 0.1) is 0 Å². The quantitative estimate of drug-likeness (QED) is 0.664. The van der Waals surface area contributed by atoms with Gasteiger partial charge in [0.2, 0.25) is 0 Å². The van der Waals surface area contributed by atoms with E-state index < -0.39 is 0 Å². The highest BCUT2D eigenvalue weighted by molar-refractivity contribution is 7.14. The molecule has 0 aliphatic heterocycles. The third kappa shape index (κ3) is 4.20. The zero-order valence-electron chi connectivity index (χ0n) is 13.4. The van der Waals surface area contributed by atoms with Crippen LogP contribution in [0.25, 0.3) is 11.3 Å². The van der Waals surface area contributed by atoms with E-state index in [9.17, 15) is 4.79 Å². The smallest absolute Gasteiger partial charge is 0.310 e. The minimum Gasteiger partial charge on any atom is -0.466 e. The average Bonchev–Trinajstić information content (AvgIpc) is 3.05. The van der Waals surface area contributed by atoms with Gasteiger partial charge < -0.3 is 10.1 Å². The van der Waals surface area contributed by atoms with Crippen LogP contribution in [0.3, 0.4) is 0 Å². The summed E-state index contributed by atoms with van der Waals surface area (Å²) < 4.78 is 4.96. The first-order valence-corrected chi connectivity index (χ1v) is 8.65. The van der Waals surface area contributed by atoms with E-state index in [0.29, 0.717) is 13.0 Å². The van der Waals surface area contributed by atoms with E-state index >= 15 is 0 Å². The molecule has 0 saturated heterocycles. The maximum absolute atomic E-state index is 11.5. The van der Waals surface area contributed by atoms with Gasteiger partial charge in [-0.05, 0) is 24.6 Å². The highest BCUT2D eigenvalue weighted by Gasteiger charge is 2.07. The van der Waals surface area contributed by atoms with Gasteiger partial charge in [-0.3, -0.25) is 4.79 Å². The topological polar surface area (TPSA) is 51.2 Å². The Bertz CT molecular complexity index is 798. The first-order chi connectivity index (χ1) is 11.7.